The van der Waals surface area contributed by atoms with Crippen LogP contribution in [0.4, 0.5) is 0 Å². The number of aryl methyl sites for hydroxylation is 2. The van der Waals surface area contributed by atoms with Gasteiger partial charge in [-0.2, -0.15) is 0 Å². The summed E-state index contributed by atoms with van der Waals surface area (Å²) in [6.45, 7) is 7.78. The lowest BCUT2D eigenvalue weighted by molar-refractivity contribution is 0.311. The van der Waals surface area contributed by atoms with Gasteiger partial charge in [0, 0.05) is 19.3 Å². The molecule has 0 unspecified atom stereocenters. The molecule has 0 aliphatic carbocycles. The highest BCUT2D eigenvalue weighted by atomic mass is 32.2. The SMILES string of the molecule is Cc1ccc(C)c(OCCNCCS(C)(=O)=O)c1C. The predicted molar refractivity (Wildman–Crippen MR) is 78.7 cm³/mol. The summed E-state index contributed by atoms with van der Waals surface area (Å²) in [5.41, 5.74) is 3.50. The monoisotopic (exact) mass is 285 g/mol. The van der Waals surface area contributed by atoms with E-state index in [0.717, 1.165) is 16.9 Å². The fourth-order valence-corrected chi connectivity index (χ4v) is 2.27. The number of hydrogen-bond donors (Lipinski definition) is 1. The van der Waals surface area contributed by atoms with Crippen molar-refractivity contribution >= 4 is 9.84 Å². The zero-order chi connectivity index (χ0) is 14.5. The fourth-order valence-electron chi connectivity index (χ4n) is 1.76. The zero-order valence-corrected chi connectivity index (χ0v) is 12.9. The molecule has 0 spiro atoms. The van der Waals surface area contributed by atoms with Crippen LogP contribution in [0.15, 0.2) is 12.1 Å². The molecule has 0 atom stereocenters. The van der Waals surface area contributed by atoms with Crippen LogP contribution in [-0.4, -0.2) is 40.1 Å². The Morgan fingerprint density at radius 1 is 1.11 bits per heavy atom. The second-order valence-electron chi connectivity index (χ2n) is 4.88. The quantitative estimate of drug-likeness (QED) is 0.774. The normalized spacial score (nSPS) is 11.6. The molecule has 1 aromatic rings. The van der Waals surface area contributed by atoms with Gasteiger partial charge >= 0.3 is 0 Å². The van der Waals surface area contributed by atoms with Crippen LogP contribution in [0.3, 0.4) is 0 Å². The molecule has 108 valence electrons. The molecule has 0 aromatic heterocycles. The lowest BCUT2D eigenvalue weighted by atomic mass is 10.1. The summed E-state index contributed by atoms with van der Waals surface area (Å²) >= 11 is 0. The molecule has 19 heavy (non-hydrogen) atoms. The Morgan fingerprint density at radius 2 is 1.74 bits per heavy atom. The van der Waals surface area contributed by atoms with Crippen LogP contribution in [0.5, 0.6) is 5.75 Å². The van der Waals surface area contributed by atoms with E-state index in [9.17, 15) is 8.42 Å². The standard InChI is InChI=1S/C14H23NO3S/c1-11-5-6-12(2)14(13(11)3)18-9-7-15-8-10-19(4,16)17/h5-6,15H,7-10H2,1-4H3. The van der Waals surface area contributed by atoms with Crippen molar-refractivity contribution in [1.82, 2.24) is 5.32 Å². The minimum absolute atomic E-state index is 0.162. The van der Waals surface area contributed by atoms with E-state index in [1.165, 1.54) is 11.8 Å². The van der Waals surface area contributed by atoms with E-state index in [1.807, 2.05) is 6.92 Å². The van der Waals surface area contributed by atoms with Gasteiger partial charge < -0.3 is 10.1 Å². The first-order valence-electron chi connectivity index (χ1n) is 6.39. The van der Waals surface area contributed by atoms with Gasteiger partial charge in [-0.1, -0.05) is 12.1 Å². The summed E-state index contributed by atoms with van der Waals surface area (Å²) in [5.74, 6) is 1.10. The van der Waals surface area contributed by atoms with Crippen molar-refractivity contribution in [3.05, 3.63) is 28.8 Å². The van der Waals surface area contributed by atoms with Crippen molar-refractivity contribution in [2.45, 2.75) is 20.8 Å². The average molecular weight is 285 g/mol. The summed E-state index contributed by atoms with van der Waals surface area (Å²) in [7, 11) is -2.89. The Kier molecular flexibility index (Phi) is 5.82. The first kappa shape index (κ1) is 16.0. The number of benzene rings is 1. The van der Waals surface area contributed by atoms with Gasteiger partial charge in [-0.05, 0) is 37.5 Å². The summed E-state index contributed by atoms with van der Waals surface area (Å²) in [6, 6.07) is 4.14. The van der Waals surface area contributed by atoms with E-state index >= 15 is 0 Å². The number of nitrogens with one attached hydrogen (secondary N) is 1. The van der Waals surface area contributed by atoms with Crippen molar-refractivity contribution in [2.24, 2.45) is 0 Å². The van der Waals surface area contributed by atoms with E-state index in [4.69, 9.17) is 4.74 Å². The van der Waals surface area contributed by atoms with E-state index < -0.39 is 9.84 Å². The van der Waals surface area contributed by atoms with Crippen molar-refractivity contribution in [1.29, 1.82) is 0 Å². The van der Waals surface area contributed by atoms with Gasteiger partial charge in [0.1, 0.15) is 22.2 Å². The van der Waals surface area contributed by atoms with Crippen molar-refractivity contribution in [3.63, 3.8) is 0 Å². The minimum atomic E-state index is -2.89. The van der Waals surface area contributed by atoms with Crippen molar-refractivity contribution < 1.29 is 13.2 Å². The lowest BCUT2D eigenvalue weighted by Crippen LogP contribution is -2.26. The van der Waals surface area contributed by atoms with Crippen molar-refractivity contribution in [3.8, 4) is 5.75 Å². The molecule has 0 amide bonds. The largest absolute Gasteiger partial charge is 0.492 e. The van der Waals surface area contributed by atoms with Crippen LogP contribution in [0.2, 0.25) is 0 Å². The topological polar surface area (TPSA) is 55.4 Å². The molecule has 0 saturated heterocycles. The molecule has 1 aromatic carbocycles. The fraction of sp³-hybridized carbons (Fsp3) is 0.571. The molecule has 1 rings (SSSR count). The van der Waals surface area contributed by atoms with Gasteiger partial charge in [-0.3, -0.25) is 0 Å². The summed E-state index contributed by atoms with van der Waals surface area (Å²) in [4.78, 5) is 0. The number of hydrogen-bond acceptors (Lipinski definition) is 4. The number of rotatable bonds is 7. The number of ether oxygens (including phenoxy) is 1. The second kappa shape index (κ2) is 6.91. The third kappa shape index (κ3) is 5.61. The van der Waals surface area contributed by atoms with E-state index in [1.54, 1.807) is 0 Å². The molecule has 0 radical (unpaired) electrons. The smallest absolute Gasteiger partial charge is 0.148 e. The molecule has 0 bridgehead atoms. The van der Waals surface area contributed by atoms with Gasteiger partial charge in [-0.25, -0.2) is 8.42 Å². The lowest BCUT2D eigenvalue weighted by Gasteiger charge is -2.14. The van der Waals surface area contributed by atoms with Crippen LogP contribution in [-0.2, 0) is 9.84 Å². The second-order valence-corrected chi connectivity index (χ2v) is 7.14. The molecule has 0 aliphatic heterocycles. The summed E-state index contributed by atoms with van der Waals surface area (Å²) in [6.07, 6.45) is 1.24. The van der Waals surface area contributed by atoms with Gasteiger partial charge in [0.25, 0.3) is 0 Å². The molecule has 5 heteroatoms. The summed E-state index contributed by atoms with van der Waals surface area (Å²) < 4.78 is 27.7. The molecule has 1 N–H and O–H groups in total. The Hall–Kier alpha value is -1.07. The molecule has 0 saturated carbocycles. The third-order valence-corrected chi connectivity index (χ3v) is 3.99. The van der Waals surface area contributed by atoms with E-state index in [0.29, 0.717) is 19.7 Å². The Morgan fingerprint density at radius 3 is 2.37 bits per heavy atom. The maximum atomic E-state index is 10.9. The van der Waals surface area contributed by atoms with Crippen LogP contribution in [0.25, 0.3) is 0 Å². The molecule has 0 aliphatic rings. The molecule has 4 nitrogen and oxygen atoms in total. The molecule has 0 heterocycles. The number of sulfone groups is 1. The Bertz CT molecular complexity index is 524. The molecular weight excluding hydrogens is 262 g/mol. The highest BCUT2D eigenvalue weighted by Gasteiger charge is 2.06. The van der Waals surface area contributed by atoms with Crippen LogP contribution in [0, 0.1) is 20.8 Å². The zero-order valence-electron chi connectivity index (χ0n) is 12.1. The maximum absolute atomic E-state index is 10.9. The minimum Gasteiger partial charge on any atom is -0.492 e. The maximum Gasteiger partial charge on any atom is 0.148 e. The van der Waals surface area contributed by atoms with Gasteiger partial charge in [0.15, 0.2) is 0 Å². The van der Waals surface area contributed by atoms with Gasteiger partial charge in [-0.15, -0.1) is 0 Å². The van der Waals surface area contributed by atoms with Crippen LogP contribution >= 0.6 is 0 Å². The average Bonchev–Trinajstić information content (AvgIpc) is 2.31. The Balaban J connectivity index is 2.36. The predicted octanol–water partition coefficient (Wildman–Crippen LogP) is 1.62. The van der Waals surface area contributed by atoms with Gasteiger partial charge in [0.2, 0.25) is 0 Å². The van der Waals surface area contributed by atoms with Crippen LogP contribution in [0.1, 0.15) is 16.7 Å². The van der Waals surface area contributed by atoms with Crippen LogP contribution < -0.4 is 10.1 Å². The van der Waals surface area contributed by atoms with Gasteiger partial charge in [0.05, 0.1) is 5.75 Å². The highest BCUT2D eigenvalue weighted by Crippen LogP contribution is 2.25. The molecule has 0 fully saturated rings. The highest BCUT2D eigenvalue weighted by molar-refractivity contribution is 7.90. The van der Waals surface area contributed by atoms with E-state index in [-0.39, 0.29) is 5.75 Å². The van der Waals surface area contributed by atoms with Crippen molar-refractivity contribution in [2.75, 3.05) is 31.7 Å². The first-order chi connectivity index (χ1) is 8.81. The molecular formula is C14H23NO3S. The Labute approximate surface area is 116 Å². The third-order valence-electron chi connectivity index (χ3n) is 3.05. The van der Waals surface area contributed by atoms with E-state index in [2.05, 4.69) is 31.3 Å². The first-order valence-corrected chi connectivity index (χ1v) is 8.45. The summed E-state index contributed by atoms with van der Waals surface area (Å²) in [5, 5.41) is 3.06.